The molecule has 0 atom stereocenters. The van der Waals surface area contributed by atoms with Crippen molar-refractivity contribution in [2.75, 3.05) is 13.2 Å². The fourth-order valence-corrected chi connectivity index (χ4v) is 3.52. The van der Waals surface area contributed by atoms with Gasteiger partial charge in [0.15, 0.2) is 5.76 Å². The smallest absolute Gasteiger partial charge is 0.239 e. The average Bonchev–Trinajstić information content (AvgIpc) is 2.71. The lowest BCUT2D eigenvalue weighted by molar-refractivity contribution is 0.325. The van der Waals surface area contributed by atoms with Crippen LogP contribution in [-0.4, -0.2) is 23.4 Å². The summed E-state index contributed by atoms with van der Waals surface area (Å²) >= 11 is 0. The molecule has 0 amide bonds. The molecule has 1 heterocycles. The molecular formula is C23H26O6. The number of aryl methyl sites for hydroxylation is 1. The summed E-state index contributed by atoms with van der Waals surface area (Å²) in [6, 6.07) is 6.33. The van der Waals surface area contributed by atoms with Gasteiger partial charge in [0.2, 0.25) is 11.2 Å². The summed E-state index contributed by atoms with van der Waals surface area (Å²) < 4.78 is 17.7. The second kappa shape index (κ2) is 8.47. The molecular weight excluding hydrogens is 372 g/mol. The minimum atomic E-state index is -0.343. The number of ether oxygens (including phenoxy) is 2. The predicted molar refractivity (Wildman–Crippen MR) is 112 cm³/mol. The van der Waals surface area contributed by atoms with Crippen LogP contribution in [0.5, 0.6) is 23.0 Å². The van der Waals surface area contributed by atoms with E-state index in [2.05, 4.69) is 0 Å². The third-order valence-corrected chi connectivity index (χ3v) is 4.83. The van der Waals surface area contributed by atoms with Gasteiger partial charge in [-0.15, -0.1) is 0 Å². The van der Waals surface area contributed by atoms with E-state index >= 15 is 0 Å². The molecule has 0 bridgehead atoms. The molecule has 0 aliphatic rings. The highest BCUT2D eigenvalue weighted by molar-refractivity contribution is 5.93. The molecule has 1 aromatic heterocycles. The van der Waals surface area contributed by atoms with E-state index < -0.39 is 0 Å². The van der Waals surface area contributed by atoms with Gasteiger partial charge in [-0.3, -0.25) is 4.79 Å². The molecule has 0 aliphatic heterocycles. The van der Waals surface area contributed by atoms with Gasteiger partial charge in [0.05, 0.1) is 13.2 Å². The SMILES string of the molecule is CCOc1c(-c2ccc(O)cc2)oc2c(CC)c(O)c(CC)c(OCC)c2c1=O. The molecule has 6 heteroatoms. The van der Waals surface area contributed by atoms with Crippen LogP contribution in [0, 0.1) is 0 Å². The topological polar surface area (TPSA) is 89.1 Å². The van der Waals surface area contributed by atoms with Crippen molar-refractivity contribution < 1.29 is 24.1 Å². The predicted octanol–water partition coefficient (Wildman–Crippen LogP) is 4.79. The quantitative estimate of drug-likeness (QED) is 0.595. The van der Waals surface area contributed by atoms with Gasteiger partial charge in [-0.1, -0.05) is 13.8 Å². The van der Waals surface area contributed by atoms with Crippen LogP contribution in [0.1, 0.15) is 38.8 Å². The Balaban J connectivity index is 2.51. The maximum Gasteiger partial charge on any atom is 0.239 e. The number of benzene rings is 2. The van der Waals surface area contributed by atoms with Crippen LogP contribution in [0.2, 0.25) is 0 Å². The lowest BCUT2D eigenvalue weighted by Gasteiger charge is -2.19. The zero-order valence-electron chi connectivity index (χ0n) is 17.2. The van der Waals surface area contributed by atoms with E-state index in [1.807, 2.05) is 20.8 Å². The molecule has 6 nitrogen and oxygen atoms in total. The van der Waals surface area contributed by atoms with Gasteiger partial charge in [0.1, 0.15) is 28.2 Å². The van der Waals surface area contributed by atoms with Crippen molar-refractivity contribution in [2.24, 2.45) is 0 Å². The first kappa shape index (κ1) is 20.6. The number of hydrogen-bond acceptors (Lipinski definition) is 6. The molecule has 154 valence electrons. The van der Waals surface area contributed by atoms with Crippen molar-refractivity contribution in [3.05, 3.63) is 45.6 Å². The van der Waals surface area contributed by atoms with Gasteiger partial charge in [0.25, 0.3) is 0 Å². The van der Waals surface area contributed by atoms with Crippen molar-refractivity contribution in [3.63, 3.8) is 0 Å². The van der Waals surface area contributed by atoms with Crippen molar-refractivity contribution >= 4 is 11.0 Å². The number of aromatic hydroxyl groups is 2. The Kier molecular flexibility index (Phi) is 6.01. The molecule has 29 heavy (non-hydrogen) atoms. The molecule has 0 saturated heterocycles. The van der Waals surface area contributed by atoms with Crippen LogP contribution in [0.25, 0.3) is 22.3 Å². The fraction of sp³-hybridized carbons (Fsp3) is 0.348. The summed E-state index contributed by atoms with van der Waals surface area (Å²) in [4.78, 5) is 13.5. The highest BCUT2D eigenvalue weighted by Gasteiger charge is 2.27. The summed E-state index contributed by atoms with van der Waals surface area (Å²) in [5, 5.41) is 20.7. The third-order valence-electron chi connectivity index (χ3n) is 4.83. The normalized spacial score (nSPS) is 11.0. The minimum absolute atomic E-state index is 0.0847. The van der Waals surface area contributed by atoms with Crippen LogP contribution in [0.15, 0.2) is 33.5 Å². The van der Waals surface area contributed by atoms with E-state index in [1.165, 1.54) is 12.1 Å². The Hall–Kier alpha value is -3.15. The summed E-state index contributed by atoms with van der Waals surface area (Å²) in [5.74, 6) is 0.876. The summed E-state index contributed by atoms with van der Waals surface area (Å²) in [5.41, 5.74) is 1.68. The zero-order valence-corrected chi connectivity index (χ0v) is 17.2. The first-order chi connectivity index (χ1) is 14.0. The average molecular weight is 398 g/mol. The Morgan fingerprint density at radius 2 is 1.45 bits per heavy atom. The molecule has 0 fully saturated rings. The summed E-state index contributed by atoms with van der Waals surface area (Å²) in [6.07, 6.45) is 0.987. The van der Waals surface area contributed by atoms with E-state index in [1.54, 1.807) is 19.1 Å². The molecule has 2 aromatic carbocycles. The largest absolute Gasteiger partial charge is 0.508 e. The lowest BCUT2D eigenvalue weighted by atomic mass is 9.98. The van der Waals surface area contributed by atoms with Gasteiger partial charge >= 0.3 is 0 Å². The first-order valence-corrected chi connectivity index (χ1v) is 9.90. The molecule has 3 aromatic rings. The molecule has 0 spiro atoms. The van der Waals surface area contributed by atoms with Gasteiger partial charge in [0, 0.05) is 16.7 Å². The monoisotopic (exact) mass is 398 g/mol. The molecule has 3 rings (SSSR count). The molecule has 0 aliphatic carbocycles. The van der Waals surface area contributed by atoms with Crippen LogP contribution < -0.4 is 14.9 Å². The second-order valence-electron chi connectivity index (χ2n) is 6.55. The Morgan fingerprint density at radius 3 is 2.00 bits per heavy atom. The van der Waals surface area contributed by atoms with Gasteiger partial charge < -0.3 is 24.1 Å². The van der Waals surface area contributed by atoms with E-state index in [4.69, 9.17) is 13.9 Å². The van der Waals surface area contributed by atoms with E-state index in [0.29, 0.717) is 47.5 Å². The Bertz CT molecular complexity index is 1080. The highest BCUT2D eigenvalue weighted by atomic mass is 16.5. The summed E-state index contributed by atoms with van der Waals surface area (Å²) in [6.45, 7) is 8.04. The summed E-state index contributed by atoms with van der Waals surface area (Å²) in [7, 11) is 0. The van der Waals surface area contributed by atoms with Crippen LogP contribution in [0.4, 0.5) is 0 Å². The number of phenols is 2. The molecule has 0 radical (unpaired) electrons. The van der Waals surface area contributed by atoms with E-state index in [9.17, 15) is 15.0 Å². The van der Waals surface area contributed by atoms with Gasteiger partial charge in [-0.05, 0) is 51.0 Å². The fourth-order valence-electron chi connectivity index (χ4n) is 3.52. The van der Waals surface area contributed by atoms with Crippen molar-refractivity contribution in [1.29, 1.82) is 0 Å². The van der Waals surface area contributed by atoms with Crippen molar-refractivity contribution in [1.82, 2.24) is 0 Å². The molecule has 0 unspecified atom stereocenters. The standard InChI is InChI=1S/C23H26O6/c1-5-15-18(25)16(6-2)22-17(21(15)27-7-3)19(26)23(28-8-4)20(29-22)13-9-11-14(24)12-10-13/h9-12,24-25H,5-8H2,1-4H3. The van der Waals surface area contributed by atoms with Gasteiger partial charge in [-0.2, -0.15) is 0 Å². The van der Waals surface area contributed by atoms with E-state index in [-0.39, 0.29) is 40.4 Å². The third kappa shape index (κ3) is 3.50. The number of phenolic OH excluding ortho intramolecular Hbond substituents is 2. The number of rotatable bonds is 7. The van der Waals surface area contributed by atoms with Crippen molar-refractivity contribution in [3.8, 4) is 34.3 Å². The number of hydrogen-bond donors (Lipinski definition) is 2. The Morgan fingerprint density at radius 1 is 0.862 bits per heavy atom. The van der Waals surface area contributed by atoms with Crippen LogP contribution in [0.3, 0.4) is 0 Å². The van der Waals surface area contributed by atoms with Gasteiger partial charge in [-0.25, -0.2) is 0 Å². The zero-order chi connectivity index (χ0) is 21.1. The molecule has 0 saturated carbocycles. The Labute approximate surface area is 169 Å². The lowest BCUT2D eigenvalue weighted by Crippen LogP contribution is -2.13. The van der Waals surface area contributed by atoms with Crippen molar-refractivity contribution in [2.45, 2.75) is 40.5 Å². The molecule has 2 N–H and O–H groups in total. The number of fused-ring (bicyclic) bond motifs is 1. The maximum absolute atomic E-state index is 13.5. The first-order valence-electron chi connectivity index (χ1n) is 9.90. The minimum Gasteiger partial charge on any atom is -0.508 e. The van der Waals surface area contributed by atoms with Crippen LogP contribution >= 0.6 is 0 Å². The van der Waals surface area contributed by atoms with E-state index in [0.717, 1.165) is 0 Å². The second-order valence-corrected chi connectivity index (χ2v) is 6.55. The van der Waals surface area contributed by atoms with Crippen LogP contribution in [-0.2, 0) is 12.8 Å². The highest BCUT2D eigenvalue weighted by Crippen LogP contribution is 2.43. The maximum atomic E-state index is 13.5.